The minimum atomic E-state index is -1.06. The molecule has 8 nitrogen and oxygen atoms in total. The van der Waals surface area contributed by atoms with Gasteiger partial charge in [0.15, 0.2) is 0 Å². The van der Waals surface area contributed by atoms with Gasteiger partial charge in [-0.2, -0.15) is 8.75 Å². The second kappa shape index (κ2) is 6.03. The number of hydrogen-bond donors (Lipinski definition) is 1. The van der Waals surface area contributed by atoms with Crippen LogP contribution in [0.15, 0.2) is 42.7 Å². The van der Waals surface area contributed by atoms with E-state index in [1.807, 2.05) is 0 Å². The number of aromatic amines is 1. The number of nitrogens with one attached hydrogen (secondary N) is 1. The Kier molecular flexibility index (Phi) is 3.59. The molecule has 0 aliphatic carbocycles. The zero-order chi connectivity index (χ0) is 19.4. The van der Waals surface area contributed by atoms with E-state index in [4.69, 9.17) is 0 Å². The molecule has 1 fully saturated rings. The molecule has 0 bridgehead atoms. The van der Waals surface area contributed by atoms with E-state index >= 15 is 0 Å². The number of nitrogens with zero attached hydrogens (tertiary/aromatic N) is 4. The van der Waals surface area contributed by atoms with E-state index in [9.17, 15) is 14.4 Å². The van der Waals surface area contributed by atoms with Crippen molar-refractivity contribution in [1.82, 2.24) is 18.7 Å². The predicted octanol–water partition coefficient (Wildman–Crippen LogP) is 2.43. The number of rotatable bonds is 3. The molecular formula is C19H13N5O3S. The maximum atomic E-state index is 12.9. The summed E-state index contributed by atoms with van der Waals surface area (Å²) in [6.45, 7) is 1.34. The van der Waals surface area contributed by atoms with Gasteiger partial charge in [0.25, 0.3) is 5.91 Å². The number of ketones is 2. The Hall–Kier alpha value is -3.46. The number of carbonyl (C=O) groups is 3. The van der Waals surface area contributed by atoms with Gasteiger partial charge in [-0.15, -0.1) is 0 Å². The molecular weight excluding hydrogens is 378 g/mol. The second-order valence-corrected chi connectivity index (χ2v) is 7.22. The van der Waals surface area contributed by atoms with Gasteiger partial charge in [-0.05, 0) is 42.8 Å². The van der Waals surface area contributed by atoms with Gasteiger partial charge in [-0.3, -0.25) is 19.3 Å². The molecule has 9 heteroatoms. The van der Waals surface area contributed by atoms with Gasteiger partial charge < -0.3 is 4.98 Å². The lowest BCUT2D eigenvalue weighted by molar-refractivity contribution is -0.138. The zero-order valence-electron chi connectivity index (χ0n) is 14.6. The first-order valence-corrected chi connectivity index (χ1v) is 9.31. The van der Waals surface area contributed by atoms with Crippen LogP contribution >= 0.6 is 11.7 Å². The Morgan fingerprint density at radius 1 is 1.07 bits per heavy atom. The molecule has 0 saturated carbocycles. The summed E-state index contributed by atoms with van der Waals surface area (Å²) < 4.78 is 8.42. The molecule has 5 rings (SSSR count). The number of anilines is 1. The molecule has 138 valence electrons. The zero-order valence-corrected chi connectivity index (χ0v) is 15.4. The van der Waals surface area contributed by atoms with Crippen LogP contribution in [0.1, 0.15) is 18.5 Å². The summed E-state index contributed by atoms with van der Waals surface area (Å²) >= 11 is 1.09. The molecule has 0 radical (unpaired) electrons. The highest BCUT2D eigenvalue weighted by Crippen LogP contribution is 2.41. The van der Waals surface area contributed by atoms with Crippen molar-refractivity contribution in [2.75, 3.05) is 4.90 Å². The lowest BCUT2D eigenvalue weighted by Gasteiger charge is -2.27. The number of aromatic nitrogens is 4. The molecule has 1 saturated heterocycles. The highest BCUT2D eigenvalue weighted by Gasteiger charge is 2.51. The van der Waals surface area contributed by atoms with Crippen LogP contribution in [-0.2, 0) is 14.4 Å². The number of hydrogen-bond acceptors (Lipinski definition) is 7. The van der Waals surface area contributed by atoms with E-state index in [1.165, 1.54) is 11.8 Å². The first-order chi connectivity index (χ1) is 13.5. The summed E-state index contributed by atoms with van der Waals surface area (Å²) in [4.78, 5) is 46.4. The molecule has 2 aromatic carbocycles. The molecule has 4 aromatic rings. The third-order valence-electron chi connectivity index (χ3n) is 5.05. The number of amides is 1. The van der Waals surface area contributed by atoms with Gasteiger partial charge in [-0.1, -0.05) is 6.07 Å². The first kappa shape index (κ1) is 16.7. The van der Waals surface area contributed by atoms with E-state index in [1.54, 1.807) is 42.7 Å². The molecule has 2 aromatic heterocycles. The number of H-pyrrole nitrogens is 1. The van der Waals surface area contributed by atoms with Crippen LogP contribution in [0.25, 0.3) is 22.1 Å². The Morgan fingerprint density at radius 2 is 1.86 bits per heavy atom. The SMILES string of the molecule is CC(=O)C1C(=O)C(=O)N(c2ccc3nc[nH]c3c2)C1c1ccc2nsnc2c1. The predicted molar refractivity (Wildman–Crippen MR) is 103 cm³/mol. The van der Waals surface area contributed by atoms with Crippen LogP contribution in [-0.4, -0.2) is 36.2 Å². The summed E-state index contributed by atoms with van der Waals surface area (Å²) in [7, 11) is 0. The third kappa shape index (κ3) is 2.36. The van der Waals surface area contributed by atoms with Crippen molar-refractivity contribution in [3.8, 4) is 0 Å². The van der Waals surface area contributed by atoms with E-state index in [0.29, 0.717) is 16.8 Å². The second-order valence-electron chi connectivity index (χ2n) is 6.69. The number of imidazole rings is 1. The van der Waals surface area contributed by atoms with Crippen molar-refractivity contribution < 1.29 is 14.4 Å². The molecule has 2 atom stereocenters. The fourth-order valence-electron chi connectivity index (χ4n) is 3.75. The van der Waals surface area contributed by atoms with Crippen LogP contribution in [0.4, 0.5) is 5.69 Å². The number of carbonyl (C=O) groups excluding carboxylic acids is 3. The molecule has 3 heterocycles. The van der Waals surface area contributed by atoms with E-state index in [-0.39, 0.29) is 5.78 Å². The normalized spacial score (nSPS) is 19.8. The number of fused-ring (bicyclic) bond motifs is 2. The molecule has 1 aliphatic rings. The van der Waals surface area contributed by atoms with Gasteiger partial charge in [-0.25, -0.2) is 4.98 Å². The summed E-state index contributed by atoms with van der Waals surface area (Å²) in [6.07, 6.45) is 1.56. The number of Topliss-reactive ketones (excluding diaryl/α,β-unsaturated/α-hetero) is 2. The van der Waals surface area contributed by atoms with Crippen molar-refractivity contribution in [1.29, 1.82) is 0 Å². The minimum Gasteiger partial charge on any atom is -0.345 e. The van der Waals surface area contributed by atoms with Crippen LogP contribution in [0.2, 0.25) is 0 Å². The van der Waals surface area contributed by atoms with Gasteiger partial charge in [0.05, 0.1) is 35.1 Å². The third-order valence-corrected chi connectivity index (χ3v) is 5.60. The van der Waals surface area contributed by atoms with E-state index in [2.05, 4.69) is 18.7 Å². The molecule has 1 N–H and O–H groups in total. The Balaban J connectivity index is 1.70. The lowest BCUT2D eigenvalue weighted by atomic mass is 9.89. The summed E-state index contributed by atoms with van der Waals surface area (Å²) in [5, 5.41) is 0. The Labute approximate surface area is 162 Å². The smallest absolute Gasteiger partial charge is 0.295 e. The van der Waals surface area contributed by atoms with Crippen LogP contribution < -0.4 is 4.90 Å². The van der Waals surface area contributed by atoms with Crippen molar-refractivity contribution >= 4 is 57.0 Å². The molecule has 1 amide bonds. The summed E-state index contributed by atoms with van der Waals surface area (Å²) in [5.41, 5.74) is 4.08. The average molecular weight is 391 g/mol. The van der Waals surface area contributed by atoms with Crippen LogP contribution in [0.3, 0.4) is 0 Å². The highest BCUT2D eigenvalue weighted by atomic mass is 32.1. The van der Waals surface area contributed by atoms with E-state index < -0.39 is 23.7 Å². The Morgan fingerprint density at radius 3 is 2.68 bits per heavy atom. The van der Waals surface area contributed by atoms with Gasteiger partial charge >= 0.3 is 0 Å². The minimum absolute atomic E-state index is 0.343. The Bertz CT molecular complexity index is 1280. The first-order valence-electron chi connectivity index (χ1n) is 8.58. The van der Waals surface area contributed by atoms with Crippen molar-refractivity contribution in [2.24, 2.45) is 5.92 Å². The van der Waals surface area contributed by atoms with Crippen LogP contribution in [0.5, 0.6) is 0 Å². The molecule has 28 heavy (non-hydrogen) atoms. The standard InChI is InChI=1S/C19H13N5O3S/c1-9(25)16-17(10-2-4-13-15(6-10)23-28-22-13)24(19(27)18(16)26)11-3-5-12-14(7-11)21-8-20-12/h2-8,16-17H,1H3,(H,20,21). The monoisotopic (exact) mass is 391 g/mol. The summed E-state index contributed by atoms with van der Waals surface area (Å²) in [6, 6.07) is 9.88. The maximum Gasteiger partial charge on any atom is 0.295 e. The molecule has 0 spiro atoms. The highest BCUT2D eigenvalue weighted by molar-refractivity contribution is 7.00. The van der Waals surface area contributed by atoms with Gasteiger partial charge in [0.1, 0.15) is 22.7 Å². The lowest BCUT2D eigenvalue weighted by Crippen LogP contribution is -2.30. The van der Waals surface area contributed by atoms with Gasteiger partial charge in [0.2, 0.25) is 5.78 Å². The quantitative estimate of drug-likeness (QED) is 0.424. The number of benzene rings is 2. The topological polar surface area (TPSA) is 109 Å². The fraction of sp³-hybridized carbons (Fsp3) is 0.158. The fourth-order valence-corrected chi connectivity index (χ4v) is 4.27. The average Bonchev–Trinajstić information content (AvgIpc) is 3.39. The summed E-state index contributed by atoms with van der Waals surface area (Å²) in [5.74, 6) is -2.79. The molecule has 1 aliphatic heterocycles. The molecule has 2 unspecified atom stereocenters. The van der Waals surface area contributed by atoms with Gasteiger partial charge in [0, 0.05) is 5.69 Å². The maximum absolute atomic E-state index is 12.9. The largest absolute Gasteiger partial charge is 0.345 e. The van der Waals surface area contributed by atoms with E-state index in [0.717, 1.165) is 28.3 Å². The van der Waals surface area contributed by atoms with Crippen LogP contribution in [0, 0.1) is 5.92 Å². The van der Waals surface area contributed by atoms with Crippen molar-refractivity contribution in [3.63, 3.8) is 0 Å². The van der Waals surface area contributed by atoms with Crippen molar-refractivity contribution in [2.45, 2.75) is 13.0 Å². The van der Waals surface area contributed by atoms with Crippen molar-refractivity contribution in [3.05, 3.63) is 48.3 Å².